The summed E-state index contributed by atoms with van der Waals surface area (Å²) in [5.74, 6) is 0.401. The number of phenols is 1. The Morgan fingerprint density at radius 3 is 2.94 bits per heavy atom. The second-order valence-electron chi connectivity index (χ2n) is 3.97. The van der Waals surface area contributed by atoms with E-state index in [0.717, 1.165) is 0 Å². The van der Waals surface area contributed by atoms with E-state index in [-0.39, 0.29) is 18.2 Å². The topological polar surface area (TPSA) is 80.0 Å². The number of benzene rings is 1. The van der Waals surface area contributed by atoms with Crippen molar-refractivity contribution < 1.29 is 9.90 Å². The molecule has 0 atom stereocenters. The fourth-order valence-electron chi connectivity index (χ4n) is 1.59. The fourth-order valence-corrected chi connectivity index (χ4v) is 1.59. The number of carbonyl (C=O) groups is 1. The SMILES string of the molecule is Cc1c(O)cccc1C(=O)NCc1ncn(C)n1. The van der Waals surface area contributed by atoms with Gasteiger partial charge in [0.25, 0.3) is 5.91 Å². The summed E-state index contributed by atoms with van der Waals surface area (Å²) in [6.07, 6.45) is 1.57. The summed E-state index contributed by atoms with van der Waals surface area (Å²) < 4.78 is 1.57. The molecule has 6 nitrogen and oxygen atoms in total. The second-order valence-corrected chi connectivity index (χ2v) is 3.97. The predicted octanol–water partition coefficient (Wildman–Crippen LogP) is 0.759. The molecule has 1 amide bonds. The molecule has 18 heavy (non-hydrogen) atoms. The number of nitrogens with one attached hydrogen (secondary N) is 1. The van der Waals surface area contributed by atoms with Crippen LogP contribution < -0.4 is 5.32 Å². The van der Waals surface area contributed by atoms with E-state index in [9.17, 15) is 9.90 Å². The van der Waals surface area contributed by atoms with Gasteiger partial charge in [0.05, 0.1) is 6.54 Å². The van der Waals surface area contributed by atoms with E-state index >= 15 is 0 Å². The molecule has 0 aliphatic heterocycles. The number of amides is 1. The quantitative estimate of drug-likeness (QED) is 0.837. The number of carbonyl (C=O) groups excluding carboxylic acids is 1. The first-order valence-electron chi connectivity index (χ1n) is 5.49. The van der Waals surface area contributed by atoms with Crippen LogP contribution >= 0.6 is 0 Å². The number of phenolic OH excluding ortho intramolecular Hbond substituents is 1. The van der Waals surface area contributed by atoms with E-state index < -0.39 is 0 Å². The van der Waals surface area contributed by atoms with Crippen LogP contribution in [-0.4, -0.2) is 25.8 Å². The summed E-state index contributed by atoms with van der Waals surface area (Å²) in [6.45, 7) is 1.96. The number of aryl methyl sites for hydroxylation is 1. The second kappa shape index (κ2) is 4.87. The first-order valence-corrected chi connectivity index (χ1v) is 5.49. The number of hydrogen-bond donors (Lipinski definition) is 2. The summed E-state index contributed by atoms with van der Waals surface area (Å²) in [6, 6.07) is 4.85. The zero-order valence-electron chi connectivity index (χ0n) is 10.2. The average Bonchev–Trinajstić information content (AvgIpc) is 2.76. The van der Waals surface area contributed by atoms with Gasteiger partial charge in [-0.1, -0.05) is 6.07 Å². The summed E-state index contributed by atoms with van der Waals surface area (Å²) >= 11 is 0. The van der Waals surface area contributed by atoms with Gasteiger partial charge in [-0.25, -0.2) is 4.98 Å². The summed E-state index contributed by atoms with van der Waals surface area (Å²) in [7, 11) is 1.76. The van der Waals surface area contributed by atoms with Gasteiger partial charge < -0.3 is 10.4 Å². The minimum Gasteiger partial charge on any atom is -0.508 e. The van der Waals surface area contributed by atoms with Crippen LogP contribution in [0.4, 0.5) is 0 Å². The highest BCUT2D eigenvalue weighted by molar-refractivity contribution is 5.96. The maximum absolute atomic E-state index is 11.9. The van der Waals surface area contributed by atoms with Gasteiger partial charge >= 0.3 is 0 Å². The highest BCUT2D eigenvalue weighted by Gasteiger charge is 2.11. The Balaban J connectivity index is 2.06. The van der Waals surface area contributed by atoms with Gasteiger partial charge in [0, 0.05) is 18.2 Å². The molecule has 0 aliphatic carbocycles. The molecule has 94 valence electrons. The molecular weight excluding hydrogens is 232 g/mol. The van der Waals surface area contributed by atoms with E-state index in [0.29, 0.717) is 17.0 Å². The lowest BCUT2D eigenvalue weighted by Crippen LogP contribution is -2.24. The Labute approximate surface area is 104 Å². The number of aromatic nitrogens is 3. The van der Waals surface area contributed by atoms with Crippen molar-refractivity contribution in [3.05, 3.63) is 41.5 Å². The fraction of sp³-hybridized carbons (Fsp3) is 0.250. The number of aromatic hydroxyl groups is 1. The Bertz CT molecular complexity index is 577. The lowest BCUT2D eigenvalue weighted by molar-refractivity contribution is 0.0949. The van der Waals surface area contributed by atoms with Crippen molar-refractivity contribution in [2.75, 3.05) is 0 Å². The van der Waals surface area contributed by atoms with E-state index in [1.54, 1.807) is 43.2 Å². The lowest BCUT2D eigenvalue weighted by atomic mass is 10.1. The molecule has 0 fully saturated rings. The molecule has 0 bridgehead atoms. The van der Waals surface area contributed by atoms with Crippen molar-refractivity contribution >= 4 is 5.91 Å². The maximum atomic E-state index is 11.9. The van der Waals surface area contributed by atoms with Gasteiger partial charge in [0.1, 0.15) is 12.1 Å². The summed E-state index contributed by atoms with van der Waals surface area (Å²) in [5, 5.41) is 16.3. The summed E-state index contributed by atoms with van der Waals surface area (Å²) in [4.78, 5) is 15.9. The standard InChI is InChI=1S/C12H14N4O2/c1-8-9(4-3-5-10(8)17)12(18)13-6-11-14-7-16(2)15-11/h3-5,7,17H,6H2,1-2H3,(H,13,18). The highest BCUT2D eigenvalue weighted by atomic mass is 16.3. The predicted molar refractivity (Wildman–Crippen MR) is 65.0 cm³/mol. The minimum atomic E-state index is -0.254. The van der Waals surface area contributed by atoms with Gasteiger partial charge in [0.15, 0.2) is 5.82 Å². The molecule has 1 heterocycles. The number of hydrogen-bond acceptors (Lipinski definition) is 4. The molecular formula is C12H14N4O2. The Morgan fingerprint density at radius 2 is 2.28 bits per heavy atom. The molecule has 6 heteroatoms. The molecule has 2 aromatic rings. The van der Waals surface area contributed by atoms with Crippen LogP contribution in [0.5, 0.6) is 5.75 Å². The number of rotatable bonds is 3. The average molecular weight is 246 g/mol. The first kappa shape index (κ1) is 12.1. The van der Waals surface area contributed by atoms with Crippen LogP contribution in [0.25, 0.3) is 0 Å². The van der Waals surface area contributed by atoms with E-state index in [1.165, 1.54) is 0 Å². The van der Waals surface area contributed by atoms with Crippen molar-refractivity contribution in [3.8, 4) is 5.75 Å². The van der Waals surface area contributed by atoms with Crippen LogP contribution in [-0.2, 0) is 13.6 Å². The Kier molecular flexibility index (Phi) is 3.27. The molecule has 0 radical (unpaired) electrons. The third kappa shape index (κ3) is 2.48. The smallest absolute Gasteiger partial charge is 0.252 e. The molecule has 0 unspecified atom stereocenters. The minimum absolute atomic E-state index is 0.110. The molecule has 0 saturated heterocycles. The lowest BCUT2D eigenvalue weighted by Gasteiger charge is -2.07. The normalized spacial score (nSPS) is 10.3. The molecule has 0 saturated carbocycles. The van der Waals surface area contributed by atoms with Gasteiger partial charge in [-0.2, -0.15) is 5.10 Å². The van der Waals surface area contributed by atoms with Crippen molar-refractivity contribution in [3.63, 3.8) is 0 Å². The maximum Gasteiger partial charge on any atom is 0.252 e. The van der Waals surface area contributed by atoms with Crippen LogP contribution in [0.1, 0.15) is 21.7 Å². The van der Waals surface area contributed by atoms with Gasteiger partial charge in [-0.15, -0.1) is 0 Å². The van der Waals surface area contributed by atoms with Gasteiger partial charge in [0.2, 0.25) is 0 Å². The molecule has 2 rings (SSSR count). The van der Waals surface area contributed by atoms with Crippen LogP contribution in [0.2, 0.25) is 0 Å². The van der Waals surface area contributed by atoms with E-state index in [1.807, 2.05) is 0 Å². The third-order valence-electron chi connectivity index (χ3n) is 2.60. The largest absolute Gasteiger partial charge is 0.508 e. The summed E-state index contributed by atoms with van der Waals surface area (Å²) in [5.41, 5.74) is 1.01. The first-order chi connectivity index (χ1) is 8.58. The van der Waals surface area contributed by atoms with Crippen LogP contribution in [0.3, 0.4) is 0 Å². The van der Waals surface area contributed by atoms with Crippen molar-refractivity contribution in [1.82, 2.24) is 20.1 Å². The zero-order valence-corrected chi connectivity index (χ0v) is 10.2. The van der Waals surface area contributed by atoms with Crippen molar-refractivity contribution in [1.29, 1.82) is 0 Å². The van der Waals surface area contributed by atoms with Gasteiger partial charge in [-0.3, -0.25) is 9.48 Å². The molecule has 1 aromatic carbocycles. The Morgan fingerprint density at radius 1 is 1.50 bits per heavy atom. The van der Waals surface area contributed by atoms with Crippen LogP contribution in [0.15, 0.2) is 24.5 Å². The van der Waals surface area contributed by atoms with E-state index in [2.05, 4.69) is 15.4 Å². The monoisotopic (exact) mass is 246 g/mol. The van der Waals surface area contributed by atoms with Crippen molar-refractivity contribution in [2.45, 2.75) is 13.5 Å². The number of nitrogens with zero attached hydrogens (tertiary/aromatic N) is 3. The molecule has 2 N–H and O–H groups in total. The molecule has 0 aliphatic rings. The van der Waals surface area contributed by atoms with E-state index in [4.69, 9.17) is 0 Å². The highest BCUT2D eigenvalue weighted by Crippen LogP contribution is 2.19. The third-order valence-corrected chi connectivity index (χ3v) is 2.60. The molecule has 0 spiro atoms. The van der Waals surface area contributed by atoms with Crippen molar-refractivity contribution in [2.24, 2.45) is 7.05 Å². The molecule has 1 aromatic heterocycles. The van der Waals surface area contributed by atoms with Crippen LogP contribution in [0, 0.1) is 6.92 Å². The Hall–Kier alpha value is -2.37. The zero-order chi connectivity index (χ0) is 13.1. The van der Waals surface area contributed by atoms with Gasteiger partial charge in [-0.05, 0) is 19.1 Å².